The van der Waals surface area contributed by atoms with Gasteiger partial charge in [-0.25, -0.2) is 0 Å². The van der Waals surface area contributed by atoms with Gasteiger partial charge in [0.15, 0.2) is 0 Å². The van der Waals surface area contributed by atoms with Crippen LogP contribution in [0.3, 0.4) is 0 Å². The van der Waals surface area contributed by atoms with Crippen molar-refractivity contribution in [2.24, 2.45) is 11.8 Å². The molecule has 1 atom stereocenters. The van der Waals surface area contributed by atoms with E-state index < -0.39 is 0 Å². The summed E-state index contributed by atoms with van der Waals surface area (Å²) in [5, 5.41) is 13.4. The first-order chi connectivity index (χ1) is 16.3. The summed E-state index contributed by atoms with van der Waals surface area (Å²) in [6.45, 7) is 7.42. The van der Waals surface area contributed by atoms with Crippen molar-refractivity contribution in [3.05, 3.63) is 28.3 Å². The average Bonchev–Trinajstić information content (AvgIpc) is 3.33. The molecule has 7 heteroatoms. The zero-order chi connectivity index (χ0) is 24.2. The lowest BCUT2D eigenvalue weighted by molar-refractivity contribution is -0.140. The lowest BCUT2D eigenvalue weighted by atomic mass is 9.85. The molecule has 1 aliphatic heterocycles. The maximum atomic E-state index is 12.9. The molecule has 188 valence electrons. The molecule has 2 amide bonds. The summed E-state index contributed by atoms with van der Waals surface area (Å²) < 4.78 is 0. The van der Waals surface area contributed by atoms with E-state index in [1.807, 2.05) is 19.1 Å². The van der Waals surface area contributed by atoms with Crippen LogP contribution in [0.25, 0.3) is 0 Å². The molecule has 0 aromatic heterocycles. The van der Waals surface area contributed by atoms with Crippen LogP contribution in [0.5, 0.6) is 0 Å². The van der Waals surface area contributed by atoms with Crippen molar-refractivity contribution in [1.82, 2.24) is 9.80 Å². The summed E-state index contributed by atoms with van der Waals surface area (Å²) in [7, 11) is 0. The summed E-state index contributed by atoms with van der Waals surface area (Å²) in [5.74, 6) is 0.938. The summed E-state index contributed by atoms with van der Waals surface area (Å²) >= 11 is 6.45. The molecule has 0 bridgehead atoms. The van der Waals surface area contributed by atoms with Crippen molar-refractivity contribution in [1.29, 1.82) is 0 Å². The molecular formula is C27H40ClN3O3. The number of piperazine rings is 1. The molecule has 0 unspecified atom stereocenters. The highest BCUT2D eigenvalue weighted by Gasteiger charge is 2.33. The average molecular weight is 490 g/mol. The number of nitrogens with zero attached hydrogens (tertiary/aromatic N) is 2. The van der Waals surface area contributed by atoms with E-state index in [-0.39, 0.29) is 24.0 Å². The first kappa shape index (κ1) is 25.5. The molecule has 4 rings (SSSR count). The van der Waals surface area contributed by atoms with Gasteiger partial charge in [-0.15, -0.1) is 0 Å². The van der Waals surface area contributed by atoms with E-state index in [4.69, 9.17) is 11.6 Å². The number of nitrogens with one attached hydrogen (secondary N) is 1. The minimum atomic E-state index is -0.206. The van der Waals surface area contributed by atoms with Gasteiger partial charge in [0.05, 0.1) is 6.10 Å². The van der Waals surface area contributed by atoms with Crippen LogP contribution in [0.15, 0.2) is 12.1 Å². The van der Waals surface area contributed by atoms with Gasteiger partial charge in [-0.05, 0) is 81.5 Å². The minimum absolute atomic E-state index is 0.0189. The third-order valence-corrected chi connectivity index (χ3v) is 8.36. The zero-order valence-corrected chi connectivity index (χ0v) is 21.4. The number of carbonyl (C=O) groups is 2. The first-order valence-corrected chi connectivity index (χ1v) is 13.5. The maximum Gasteiger partial charge on any atom is 0.226 e. The van der Waals surface area contributed by atoms with Crippen LogP contribution in [0.4, 0.5) is 5.69 Å². The Hall–Kier alpha value is -1.63. The zero-order valence-electron chi connectivity index (χ0n) is 20.7. The van der Waals surface area contributed by atoms with Crippen molar-refractivity contribution in [2.45, 2.75) is 90.3 Å². The van der Waals surface area contributed by atoms with Crippen LogP contribution in [0.1, 0.15) is 75.8 Å². The molecule has 3 aliphatic rings. The fraction of sp³-hybridized carbons (Fsp3) is 0.704. The van der Waals surface area contributed by atoms with Gasteiger partial charge < -0.3 is 15.3 Å². The van der Waals surface area contributed by atoms with Gasteiger partial charge in [0.2, 0.25) is 11.8 Å². The van der Waals surface area contributed by atoms with Gasteiger partial charge in [-0.2, -0.15) is 0 Å². The van der Waals surface area contributed by atoms with Crippen molar-refractivity contribution in [3.8, 4) is 0 Å². The van der Waals surface area contributed by atoms with E-state index in [1.165, 1.54) is 12.8 Å². The summed E-state index contributed by atoms with van der Waals surface area (Å²) in [4.78, 5) is 30.1. The normalized spacial score (nSPS) is 26.6. The van der Waals surface area contributed by atoms with Gasteiger partial charge in [-0.1, -0.05) is 24.4 Å². The Balaban J connectivity index is 1.34. The van der Waals surface area contributed by atoms with Crippen molar-refractivity contribution in [2.75, 3.05) is 25.0 Å². The number of aliphatic hydroxyl groups is 1. The van der Waals surface area contributed by atoms with E-state index >= 15 is 0 Å². The topological polar surface area (TPSA) is 72.9 Å². The molecular weight excluding hydrogens is 450 g/mol. The minimum Gasteiger partial charge on any atom is -0.393 e. The molecule has 1 aromatic carbocycles. The van der Waals surface area contributed by atoms with Crippen LogP contribution in [0, 0.1) is 18.8 Å². The Morgan fingerprint density at radius 3 is 2.47 bits per heavy atom. The smallest absolute Gasteiger partial charge is 0.226 e. The predicted octanol–water partition coefficient (Wildman–Crippen LogP) is 4.75. The highest BCUT2D eigenvalue weighted by molar-refractivity contribution is 6.31. The second-order valence-corrected chi connectivity index (χ2v) is 11.2. The fourth-order valence-electron chi connectivity index (χ4n) is 5.99. The molecule has 2 saturated carbocycles. The van der Waals surface area contributed by atoms with E-state index in [0.29, 0.717) is 23.3 Å². The number of aliphatic hydroxyl groups excluding tert-OH is 1. The number of amides is 2. The lowest BCUT2D eigenvalue weighted by Gasteiger charge is -2.41. The Labute approximate surface area is 209 Å². The molecule has 1 aromatic rings. The largest absolute Gasteiger partial charge is 0.393 e. The third kappa shape index (κ3) is 6.32. The number of hydrogen-bond acceptors (Lipinski definition) is 4. The monoisotopic (exact) mass is 489 g/mol. The lowest BCUT2D eigenvalue weighted by Crippen LogP contribution is -2.54. The molecule has 3 fully saturated rings. The van der Waals surface area contributed by atoms with Gasteiger partial charge >= 0.3 is 0 Å². The standard InChI is InChI=1S/C27H40ClN3O3/c1-18-16-30(11-12-31(18)27(34)21-5-3-4-6-21)17-22-14-23(28)15-25(19(22)2)29-26(33)13-20-7-9-24(32)10-8-20/h14-15,18,20-21,24,32H,3-13,16-17H2,1-2H3,(H,29,33)/t18-,20?,24?/m0/s1. The highest BCUT2D eigenvalue weighted by Crippen LogP contribution is 2.31. The molecule has 1 saturated heterocycles. The number of anilines is 1. The van der Waals surface area contributed by atoms with Gasteiger partial charge in [-0.3, -0.25) is 14.5 Å². The van der Waals surface area contributed by atoms with Crippen LogP contribution in [-0.2, 0) is 16.1 Å². The van der Waals surface area contributed by atoms with Crippen LogP contribution < -0.4 is 5.32 Å². The predicted molar refractivity (Wildman–Crippen MR) is 136 cm³/mol. The third-order valence-electron chi connectivity index (χ3n) is 8.14. The van der Waals surface area contributed by atoms with Crippen LogP contribution in [-0.4, -0.2) is 58.5 Å². The molecule has 2 N–H and O–H groups in total. The number of benzene rings is 1. The molecule has 1 heterocycles. The number of carbonyl (C=O) groups excluding carboxylic acids is 2. The highest BCUT2D eigenvalue weighted by atomic mass is 35.5. The van der Waals surface area contributed by atoms with E-state index in [0.717, 1.165) is 81.5 Å². The Kier molecular flexibility index (Phi) is 8.54. The van der Waals surface area contributed by atoms with Crippen molar-refractivity contribution < 1.29 is 14.7 Å². The second kappa shape index (κ2) is 11.4. The summed E-state index contributed by atoms with van der Waals surface area (Å²) in [6.07, 6.45) is 8.12. The van der Waals surface area contributed by atoms with Crippen molar-refractivity contribution >= 4 is 29.1 Å². The quantitative estimate of drug-likeness (QED) is 0.604. The van der Waals surface area contributed by atoms with Gasteiger partial charge in [0.25, 0.3) is 0 Å². The Bertz CT molecular complexity index is 878. The van der Waals surface area contributed by atoms with E-state index in [9.17, 15) is 14.7 Å². The van der Waals surface area contributed by atoms with E-state index in [1.54, 1.807) is 0 Å². The molecule has 6 nitrogen and oxygen atoms in total. The molecule has 0 spiro atoms. The Morgan fingerprint density at radius 1 is 1.09 bits per heavy atom. The summed E-state index contributed by atoms with van der Waals surface area (Å²) in [5.41, 5.74) is 2.95. The van der Waals surface area contributed by atoms with E-state index in [2.05, 4.69) is 22.0 Å². The number of halogens is 1. The van der Waals surface area contributed by atoms with Crippen molar-refractivity contribution in [3.63, 3.8) is 0 Å². The Morgan fingerprint density at radius 2 is 1.79 bits per heavy atom. The van der Waals surface area contributed by atoms with Crippen LogP contribution >= 0.6 is 11.6 Å². The maximum absolute atomic E-state index is 12.9. The number of rotatable bonds is 6. The van der Waals surface area contributed by atoms with Gasteiger partial charge in [0.1, 0.15) is 0 Å². The fourth-order valence-corrected chi connectivity index (χ4v) is 6.24. The molecule has 2 aliphatic carbocycles. The second-order valence-electron chi connectivity index (χ2n) is 10.8. The summed E-state index contributed by atoms with van der Waals surface area (Å²) in [6, 6.07) is 4.04. The molecule has 34 heavy (non-hydrogen) atoms. The SMILES string of the molecule is Cc1c(CN2CCN(C(=O)C3CCCC3)[C@@H](C)C2)cc(Cl)cc1NC(=O)CC1CCC(O)CC1. The first-order valence-electron chi connectivity index (χ1n) is 13.1. The van der Waals surface area contributed by atoms with Crippen LogP contribution in [0.2, 0.25) is 5.02 Å². The van der Waals surface area contributed by atoms with Gasteiger partial charge in [0, 0.05) is 55.3 Å². The number of hydrogen-bond donors (Lipinski definition) is 2. The molecule has 0 radical (unpaired) electrons.